The van der Waals surface area contributed by atoms with Gasteiger partial charge in [0, 0.05) is 19.6 Å². The van der Waals surface area contributed by atoms with E-state index in [1.807, 2.05) is 17.0 Å². The van der Waals surface area contributed by atoms with E-state index < -0.39 is 0 Å². The van der Waals surface area contributed by atoms with Crippen molar-refractivity contribution in [3.63, 3.8) is 0 Å². The molecule has 1 atom stereocenters. The number of urea groups is 1. The molecule has 0 radical (unpaired) electrons. The lowest BCUT2D eigenvalue weighted by Crippen LogP contribution is -2.44. The van der Waals surface area contributed by atoms with Crippen LogP contribution in [0.5, 0.6) is 0 Å². The Kier molecular flexibility index (Phi) is 4.90. The van der Waals surface area contributed by atoms with E-state index >= 15 is 0 Å². The van der Waals surface area contributed by atoms with Gasteiger partial charge in [-0.15, -0.1) is 0 Å². The number of nitrogens with zero attached hydrogens (tertiary/aromatic N) is 4. The van der Waals surface area contributed by atoms with Gasteiger partial charge in [0.15, 0.2) is 0 Å². The summed E-state index contributed by atoms with van der Waals surface area (Å²) >= 11 is 0. The van der Waals surface area contributed by atoms with Crippen molar-refractivity contribution in [1.29, 1.82) is 0 Å². The Morgan fingerprint density at radius 2 is 2.09 bits per heavy atom. The SMILES string of the molecule is CC1CCCN(C(=O)NCc2ccc(Cn3cncn3)cc2)C1. The molecule has 23 heavy (non-hydrogen) atoms. The molecule has 1 aromatic carbocycles. The van der Waals surface area contributed by atoms with Crippen molar-refractivity contribution >= 4 is 6.03 Å². The lowest BCUT2D eigenvalue weighted by atomic mass is 10.0. The smallest absolute Gasteiger partial charge is 0.317 e. The topological polar surface area (TPSA) is 63.1 Å². The van der Waals surface area contributed by atoms with Crippen LogP contribution in [0.15, 0.2) is 36.9 Å². The van der Waals surface area contributed by atoms with Crippen LogP contribution in [-0.4, -0.2) is 38.8 Å². The summed E-state index contributed by atoms with van der Waals surface area (Å²) in [6.07, 6.45) is 5.56. The van der Waals surface area contributed by atoms with E-state index in [0.29, 0.717) is 19.0 Å². The number of hydrogen-bond acceptors (Lipinski definition) is 3. The van der Waals surface area contributed by atoms with Gasteiger partial charge < -0.3 is 10.2 Å². The molecule has 1 aliphatic heterocycles. The zero-order valence-electron chi connectivity index (χ0n) is 13.5. The van der Waals surface area contributed by atoms with Crippen LogP contribution in [0.25, 0.3) is 0 Å². The van der Waals surface area contributed by atoms with Gasteiger partial charge in [0.25, 0.3) is 0 Å². The Hall–Kier alpha value is -2.37. The van der Waals surface area contributed by atoms with Crippen molar-refractivity contribution in [2.24, 2.45) is 5.92 Å². The first-order valence-electron chi connectivity index (χ1n) is 8.14. The number of likely N-dealkylation sites (tertiary alicyclic amines) is 1. The number of aromatic nitrogens is 3. The molecule has 0 saturated carbocycles. The van der Waals surface area contributed by atoms with E-state index in [2.05, 4.69) is 34.5 Å². The first-order chi connectivity index (χ1) is 11.2. The summed E-state index contributed by atoms with van der Waals surface area (Å²) in [4.78, 5) is 18.0. The number of amides is 2. The normalized spacial score (nSPS) is 18.0. The molecule has 122 valence electrons. The third-order valence-corrected chi connectivity index (χ3v) is 4.22. The highest BCUT2D eigenvalue weighted by atomic mass is 16.2. The van der Waals surface area contributed by atoms with Crippen LogP contribution in [-0.2, 0) is 13.1 Å². The second-order valence-electron chi connectivity index (χ2n) is 6.26. The summed E-state index contributed by atoms with van der Waals surface area (Å²) in [5.74, 6) is 0.602. The van der Waals surface area contributed by atoms with Crippen LogP contribution >= 0.6 is 0 Å². The van der Waals surface area contributed by atoms with Crippen molar-refractivity contribution in [2.75, 3.05) is 13.1 Å². The fourth-order valence-corrected chi connectivity index (χ4v) is 2.93. The van der Waals surface area contributed by atoms with E-state index in [9.17, 15) is 4.79 Å². The van der Waals surface area contributed by atoms with Gasteiger partial charge in [-0.3, -0.25) is 0 Å². The fraction of sp³-hybridized carbons (Fsp3) is 0.471. The molecule has 2 heterocycles. The number of rotatable bonds is 4. The molecule has 2 aromatic rings. The molecule has 6 heteroatoms. The Morgan fingerprint density at radius 3 is 2.78 bits per heavy atom. The standard InChI is InChI=1S/C17H23N5O/c1-14-3-2-8-21(10-14)17(23)19-9-15-4-6-16(7-5-15)11-22-13-18-12-20-22/h4-7,12-14H,2-3,8-11H2,1H3,(H,19,23). The highest BCUT2D eigenvalue weighted by Gasteiger charge is 2.20. The average molecular weight is 313 g/mol. The van der Waals surface area contributed by atoms with Gasteiger partial charge >= 0.3 is 6.03 Å². The minimum Gasteiger partial charge on any atom is -0.334 e. The highest BCUT2D eigenvalue weighted by molar-refractivity contribution is 5.74. The molecular formula is C17H23N5O. The molecule has 1 unspecified atom stereocenters. The largest absolute Gasteiger partial charge is 0.334 e. The highest BCUT2D eigenvalue weighted by Crippen LogP contribution is 2.15. The van der Waals surface area contributed by atoms with E-state index in [1.165, 1.54) is 12.7 Å². The van der Waals surface area contributed by atoms with E-state index in [1.54, 1.807) is 11.0 Å². The van der Waals surface area contributed by atoms with Crippen molar-refractivity contribution in [3.05, 3.63) is 48.0 Å². The van der Waals surface area contributed by atoms with Crippen molar-refractivity contribution in [2.45, 2.75) is 32.9 Å². The second kappa shape index (κ2) is 7.26. The molecule has 1 N–H and O–H groups in total. The predicted molar refractivity (Wildman–Crippen MR) is 87.8 cm³/mol. The Bertz CT molecular complexity index is 623. The molecule has 0 bridgehead atoms. The first-order valence-corrected chi connectivity index (χ1v) is 8.14. The molecule has 1 aliphatic rings. The van der Waals surface area contributed by atoms with Crippen LogP contribution in [0, 0.1) is 5.92 Å². The van der Waals surface area contributed by atoms with Gasteiger partial charge in [-0.1, -0.05) is 31.2 Å². The van der Waals surface area contributed by atoms with Crippen LogP contribution in [0.4, 0.5) is 4.79 Å². The lowest BCUT2D eigenvalue weighted by molar-refractivity contribution is 0.169. The third kappa shape index (κ3) is 4.31. The predicted octanol–water partition coefficient (Wildman–Crippen LogP) is 2.27. The Morgan fingerprint density at radius 1 is 1.30 bits per heavy atom. The zero-order valence-corrected chi connectivity index (χ0v) is 13.5. The summed E-state index contributed by atoms with van der Waals surface area (Å²) in [7, 11) is 0. The summed E-state index contributed by atoms with van der Waals surface area (Å²) in [5, 5.41) is 7.11. The minimum absolute atomic E-state index is 0.0447. The molecule has 3 rings (SSSR count). The number of benzene rings is 1. The fourth-order valence-electron chi connectivity index (χ4n) is 2.93. The molecule has 1 saturated heterocycles. The van der Waals surface area contributed by atoms with E-state index in [-0.39, 0.29) is 6.03 Å². The summed E-state index contributed by atoms with van der Waals surface area (Å²) in [6, 6.07) is 8.26. The Labute approximate surface area is 136 Å². The summed E-state index contributed by atoms with van der Waals surface area (Å²) in [6.45, 7) is 5.20. The quantitative estimate of drug-likeness (QED) is 0.942. The molecule has 0 spiro atoms. The van der Waals surface area contributed by atoms with Gasteiger partial charge in [-0.25, -0.2) is 14.5 Å². The average Bonchev–Trinajstić information content (AvgIpc) is 3.07. The maximum absolute atomic E-state index is 12.2. The van der Waals surface area contributed by atoms with E-state index in [4.69, 9.17) is 0 Å². The minimum atomic E-state index is 0.0447. The third-order valence-electron chi connectivity index (χ3n) is 4.22. The van der Waals surface area contributed by atoms with Gasteiger partial charge in [0.05, 0.1) is 6.54 Å². The van der Waals surface area contributed by atoms with Crippen LogP contribution in [0.1, 0.15) is 30.9 Å². The lowest BCUT2D eigenvalue weighted by Gasteiger charge is -2.30. The van der Waals surface area contributed by atoms with Crippen molar-refractivity contribution < 1.29 is 4.79 Å². The van der Waals surface area contributed by atoms with Gasteiger partial charge in [0.2, 0.25) is 0 Å². The maximum atomic E-state index is 12.2. The number of nitrogens with one attached hydrogen (secondary N) is 1. The molecule has 0 aliphatic carbocycles. The van der Waals surface area contributed by atoms with Crippen molar-refractivity contribution in [3.8, 4) is 0 Å². The molecule has 2 amide bonds. The summed E-state index contributed by atoms with van der Waals surface area (Å²) in [5.41, 5.74) is 2.26. The number of carbonyl (C=O) groups is 1. The zero-order chi connectivity index (χ0) is 16.1. The molecule has 6 nitrogen and oxygen atoms in total. The van der Waals surface area contributed by atoms with Crippen molar-refractivity contribution in [1.82, 2.24) is 25.0 Å². The monoisotopic (exact) mass is 313 g/mol. The van der Waals surface area contributed by atoms with Gasteiger partial charge in [-0.2, -0.15) is 5.10 Å². The van der Waals surface area contributed by atoms with E-state index in [0.717, 1.165) is 30.6 Å². The Balaban J connectivity index is 1.49. The van der Waals surface area contributed by atoms with Crippen LogP contribution in [0.3, 0.4) is 0 Å². The first kappa shape index (κ1) is 15.5. The maximum Gasteiger partial charge on any atom is 0.317 e. The van der Waals surface area contributed by atoms with Crippen LogP contribution < -0.4 is 5.32 Å². The second-order valence-corrected chi connectivity index (χ2v) is 6.26. The van der Waals surface area contributed by atoms with Gasteiger partial charge in [0.1, 0.15) is 12.7 Å². The van der Waals surface area contributed by atoms with Crippen LogP contribution in [0.2, 0.25) is 0 Å². The number of hydrogen-bond donors (Lipinski definition) is 1. The number of piperidine rings is 1. The summed E-state index contributed by atoms with van der Waals surface area (Å²) < 4.78 is 1.79. The molecular weight excluding hydrogens is 290 g/mol. The number of carbonyl (C=O) groups excluding carboxylic acids is 1. The molecule has 1 aromatic heterocycles. The van der Waals surface area contributed by atoms with Gasteiger partial charge in [-0.05, 0) is 29.9 Å². The molecule has 1 fully saturated rings.